The first-order valence-corrected chi connectivity index (χ1v) is 6.00. The Hall–Kier alpha value is -0.650. The van der Waals surface area contributed by atoms with Gasteiger partial charge in [0.1, 0.15) is 5.54 Å². The molecule has 0 amide bonds. The summed E-state index contributed by atoms with van der Waals surface area (Å²) in [6.07, 6.45) is 0.756. The van der Waals surface area contributed by atoms with Crippen LogP contribution in [0.2, 0.25) is 0 Å². The summed E-state index contributed by atoms with van der Waals surface area (Å²) in [4.78, 5) is 14.3. The summed E-state index contributed by atoms with van der Waals surface area (Å²) in [5, 5.41) is 3.29. The Kier molecular flexibility index (Phi) is 3.78. The molecule has 0 aromatic rings. The molecular weight excluding hydrogens is 208 g/mol. The molecule has 1 unspecified atom stereocenters. The molecule has 5 nitrogen and oxygen atoms in total. The summed E-state index contributed by atoms with van der Waals surface area (Å²) in [6.45, 7) is 7.06. The Balaban J connectivity index is 2.10. The third-order valence-corrected chi connectivity index (χ3v) is 3.38. The SMILES string of the molecule is CCOC(=O)C1(N2CCNCC2)CCOC1. The molecular formula is C11H20N2O3. The largest absolute Gasteiger partial charge is 0.465 e. The van der Waals surface area contributed by atoms with Crippen molar-refractivity contribution in [2.24, 2.45) is 0 Å². The molecule has 0 bridgehead atoms. The minimum Gasteiger partial charge on any atom is -0.465 e. The van der Waals surface area contributed by atoms with E-state index in [-0.39, 0.29) is 5.97 Å². The van der Waals surface area contributed by atoms with Gasteiger partial charge in [-0.15, -0.1) is 0 Å². The lowest BCUT2D eigenvalue weighted by molar-refractivity contribution is -0.158. The molecule has 2 fully saturated rings. The Morgan fingerprint density at radius 3 is 2.81 bits per heavy atom. The van der Waals surface area contributed by atoms with E-state index in [1.165, 1.54) is 0 Å². The van der Waals surface area contributed by atoms with Crippen molar-refractivity contribution < 1.29 is 14.3 Å². The zero-order valence-electron chi connectivity index (χ0n) is 9.83. The number of hydrogen-bond acceptors (Lipinski definition) is 5. The highest BCUT2D eigenvalue weighted by Gasteiger charge is 2.48. The standard InChI is InChI=1S/C11H20N2O3/c1-2-16-10(14)11(3-8-15-9-11)13-6-4-12-5-7-13/h12H,2-9H2,1H3. The molecule has 2 aliphatic rings. The predicted molar refractivity (Wildman–Crippen MR) is 59.2 cm³/mol. The predicted octanol–water partition coefficient (Wildman–Crippen LogP) is -0.386. The highest BCUT2D eigenvalue weighted by Crippen LogP contribution is 2.28. The summed E-state index contributed by atoms with van der Waals surface area (Å²) in [5.41, 5.74) is -0.516. The highest BCUT2D eigenvalue weighted by atomic mass is 16.5. The van der Waals surface area contributed by atoms with Crippen molar-refractivity contribution >= 4 is 5.97 Å². The van der Waals surface area contributed by atoms with Gasteiger partial charge in [0.2, 0.25) is 0 Å². The fourth-order valence-electron chi connectivity index (χ4n) is 2.45. The van der Waals surface area contributed by atoms with Crippen LogP contribution in [0.15, 0.2) is 0 Å². The lowest BCUT2D eigenvalue weighted by atomic mass is 9.95. The Bertz CT molecular complexity index is 246. The average Bonchev–Trinajstić information content (AvgIpc) is 2.81. The van der Waals surface area contributed by atoms with Crippen molar-refractivity contribution in [1.82, 2.24) is 10.2 Å². The van der Waals surface area contributed by atoms with Gasteiger partial charge in [0.05, 0.1) is 13.2 Å². The van der Waals surface area contributed by atoms with Crippen molar-refractivity contribution in [2.75, 3.05) is 46.0 Å². The molecule has 2 saturated heterocycles. The van der Waals surface area contributed by atoms with E-state index in [0.29, 0.717) is 19.8 Å². The maximum absolute atomic E-state index is 12.1. The maximum Gasteiger partial charge on any atom is 0.329 e. The van der Waals surface area contributed by atoms with Crippen molar-refractivity contribution in [3.8, 4) is 0 Å². The van der Waals surface area contributed by atoms with E-state index < -0.39 is 5.54 Å². The van der Waals surface area contributed by atoms with Crippen molar-refractivity contribution in [3.05, 3.63) is 0 Å². The fourth-order valence-corrected chi connectivity index (χ4v) is 2.45. The maximum atomic E-state index is 12.1. The van der Waals surface area contributed by atoms with Gasteiger partial charge in [-0.3, -0.25) is 4.90 Å². The van der Waals surface area contributed by atoms with E-state index in [9.17, 15) is 4.79 Å². The quantitative estimate of drug-likeness (QED) is 0.667. The molecule has 2 aliphatic heterocycles. The number of esters is 1. The van der Waals surface area contributed by atoms with Gasteiger partial charge < -0.3 is 14.8 Å². The van der Waals surface area contributed by atoms with Crippen molar-refractivity contribution in [3.63, 3.8) is 0 Å². The molecule has 0 aliphatic carbocycles. The number of rotatable bonds is 3. The molecule has 5 heteroatoms. The summed E-state index contributed by atoms with van der Waals surface area (Å²) in [6, 6.07) is 0. The molecule has 16 heavy (non-hydrogen) atoms. The van der Waals surface area contributed by atoms with Crippen LogP contribution < -0.4 is 5.32 Å². The molecule has 2 rings (SSSR count). The van der Waals surface area contributed by atoms with Gasteiger partial charge in [-0.05, 0) is 6.92 Å². The van der Waals surface area contributed by atoms with Crippen LogP contribution in [0.4, 0.5) is 0 Å². The second kappa shape index (κ2) is 5.12. The number of hydrogen-bond donors (Lipinski definition) is 1. The second-order valence-corrected chi connectivity index (χ2v) is 4.29. The zero-order chi connectivity index (χ0) is 11.4. The summed E-state index contributed by atoms with van der Waals surface area (Å²) < 4.78 is 10.6. The smallest absolute Gasteiger partial charge is 0.329 e. The lowest BCUT2D eigenvalue weighted by Crippen LogP contribution is -2.61. The van der Waals surface area contributed by atoms with Crippen LogP contribution in [0.25, 0.3) is 0 Å². The second-order valence-electron chi connectivity index (χ2n) is 4.29. The molecule has 0 radical (unpaired) electrons. The molecule has 1 atom stereocenters. The van der Waals surface area contributed by atoms with E-state index in [2.05, 4.69) is 10.2 Å². The molecule has 1 N–H and O–H groups in total. The first kappa shape index (κ1) is 11.8. The summed E-state index contributed by atoms with van der Waals surface area (Å²) in [5.74, 6) is -0.116. The third-order valence-electron chi connectivity index (χ3n) is 3.38. The van der Waals surface area contributed by atoms with E-state index in [1.54, 1.807) is 0 Å². The minimum atomic E-state index is -0.516. The van der Waals surface area contributed by atoms with Crippen LogP contribution in [0.5, 0.6) is 0 Å². The van der Waals surface area contributed by atoms with Gasteiger partial charge >= 0.3 is 5.97 Å². The van der Waals surface area contributed by atoms with Crippen molar-refractivity contribution in [2.45, 2.75) is 18.9 Å². The van der Waals surface area contributed by atoms with Crippen LogP contribution in [-0.2, 0) is 14.3 Å². The van der Waals surface area contributed by atoms with E-state index in [4.69, 9.17) is 9.47 Å². The number of piperazine rings is 1. The average molecular weight is 228 g/mol. The van der Waals surface area contributed by atoms with Crippen LogP contribution in [0.1, 0.15) is 13.3 Å². The Morgan fingerprint density at radius 2 is 2.25 bits per heavy atom. The fraction of sp³-hybridized carbons (Fsp3) is 0.909. The first-order chi connectivity index (χ1) is 7.79. The zero-order valence-corrected chi connectivity index (χ0v) is 9.83. The van der Waals surface area contributed by atoms with Gasteiger partial charge in [0.15, 0.2) is 0 Å². The highest BCUT2D eigenvalue weighted by molar-refractivity contribution is 5.81. The summed E-state index contributed by atoms with van der Waals surface area (Å²) in [7, 11) is 0. The van der Waals surface area contributed by atoms with Crippen LogP contribution in [0.3, 0.4) is 0 Å². The molecule has 92 valence electrons. The molecule has 2 heterocycles. The molecule has 0 saturated carbocycles. The van der Waals surface area contributed by atoms with Gasteiger partial charge in [-0.25, -0.2) is 4.79 Å². The normalized spacial score (nSPS) is 31.6. The molecule has 0 spiro atoms. The third kappa shape index (κ3) is 2.07. The van der Waals surface area contributed by atoms with Crippen LogP contribution in [-0.4, -0.2) is 62.4 Å². The van der Waals surface area contributed by atoms with Gasteiger partial charge in [0.25, 0.3) is 0 Å². The number of ether oxygens (including phenoxy) is 2. The van der Waals surface area contributed by atoms with Gasteiger partial charge in [0, 0.05) is 39.2 Å². The molecule has 0 aromatic carbocycles. The van der Waals surface area contributed by atoms with E-state index >= 15 is 0 Å². The van der Waals surface area contributed by atoms with Crippen molar-refractivity contribution in [1.29, 1.82) is 0 Å². The Morgan fingerprint density at radius 1 is 1.50 bits per heavy atom. The Labute approximate surface area is 96.1 Å². The van der Waals surface area contributed by atoms with E-state index in [1.807, 2.05) is 6.92 Å². The van der Waals surface area contributed by atoms with Gasteiger partial charge in [-0.1, -0.05) is 0 Å². The minimum absolute atomic E-state index is 0.116. The number of nitrogens with zero attached hydrogens (tertiary/aromatic N) is 1. The summed E-state index contributed by atoms with van der Waals surface area (Å²) >= 11 is 0. The van der Waals surface area contributed by atoms with Crippen LogP contribution >= 0.6 is 0 Å². The van der Waals surface area contributed by atoms with Gasteiger partial charge in [-0.2, -0.15) is 0 Å². The first-order valence-electron chi connectivity index (χ1n) is 6.00. The number of nitrogens with one attached hydrogen (secondary N) is 1. The van der Waals surface area contributed by atoms with Crippen LogP contribution in [0, 0.1) is 0 Å². The number of carbonyl (C=O) groups excluding carboxylic acids is 1. The monoisotopic (exact) mass is 228 g/mol. The molecule has 0 aromatic heterocycles. The number of carbonyl (C=O) groups is 1. The lowest BCUT2D eigenvalue weighted by Gasteiger charge is -2.40. The topological polar surface area (TPSA) is 50.8 Å². The van der Waals surface area contributed by atoms with E-state index in [0.717, 1.165) is 32.6 Å².